The molecule has 72 valence electrons. The summed E-state index contributed by atoms with van der Waals surface area (Å²) < 4.78 is 5.76. The molecule has 2 unspecified atom stereocenters. The fraction of sp³-hybridized carbons (Fsp3) is 1.00. The summed E-state index contributed by atoms with van der Waals surface area (Å²) >= 11 is 0. The topological polar surface area (TPSA) is 12.5 Å². The minimum atomic E-state index is 0.524. The molecule has 2 atom stereocenters. The van der Waals surface area contributed by atoms with Crippen LogP contribution in [0.2, 0.25) is 0 Å². The monoisotopic (exact) mass is 171 g/mol. The average Bonchev–Trinajstić information content (AvgIpc) is 2.08. The first-order valence-electron chi connectivity index (χ1n) is 5.08. The Kier molecular flexibility index (Phi) is 4.02. The molecule has 1 aliphatic heterocycles. The molecule has 2 nitrogen and oxygen atoms in total. The van der Waals surface area contributed by atoms with E-state index in [1.807, 2.05) is 0 Å². The maximum atomic E-state index is 5.76. The molecular formula is C10H21NO. The summed E-state index contributed by atoms with van der Waals surface area (Å²) in [6.07, 6.45) is 4.24. The molecule has 0 bridgehead atoms. The fourth-order valence-electron chi connectivity index (χ4n) is 1.93. The molecule has 1 saturated heterocycles. The highest BCUT2D eigenvalue weighted by atomic mass is 16.5. The third-order valence-corrected chi connectivity index (χ3v) is 2.68. The molecule has 0 spiro atoms. The summed E-state index contributed by atoms with van der Waals surface area (Å²) in [6, 6.07) is 0. The Bertz CT molecular complexity index is 127. The maximum absolute atomic E-state index is 5.76. The van der Waals surface area contributed by atoms with Gasteiger partial charge < -0.3 is 4.74 Å². The summed E-state index contributed by atoms with van der Waals surface area (Å²) in [6.45, 7) is 6.52. The zero-order chi connectivity index (χ0) is 8.97. The number of nitrogens with zero attached hydrogens (tertiary/aromatic N) is 1. The summed E-state index contributed by atoms with van der Waals surface area (Å²) in [7, 11) is 2.13. The predicted octanol–water partition coefficient (Wildman–Crippen LogP) is 2.10. The predicted molar refractivity (Wildman–Crippen MR) is 51.1 cm³/mol. The van der Waals surface area contributed by atoms with Crippen LogP contribution < -0.4 is 0 Å². The minimum absolute atomic E-state index is 0.524. The highest BCUT2D eigenvalue weighted by Gasteiger charge is 2.25. The van der Waals surface area contributed by atoms with Gasteiger partial charge in [0.05, 0.1) is 12.8 Å². The number of ether oxygens (including phenoxy) is 1. The van der Waals surface area contributed by atoms with E-state index < -0.39 is 0 Å². The van der Waals surface area contributed by atoms with Gasteiger partial charge >= 0.3 is 0 Å². The van der Waals surface area contributed by atoms with Crippen LogP contribution in [0.3, 0.4) is 0 Å². The average molecular weight is 171 g/mol. The van der Waals surface area contributed by atoms with Gasteiger partial charge in [-0.05, 0) is 25.8 Å². The Labute approximate surface area is 75.9 Å². The Morgan fingerprint density at radius 3 is 2.75 bits per heavy atom. The Hall–Kier alpha value is -0.0800. The Balaban J connectivity index is 2.39. The second kappa shape index (κ2) is 4.83. The van der Waals surface area contributed by atoms with E-state index in [0.717, 1.165) is 12.6 Å². The quantitative estimate of drug-likeness (QED) is 0.645. The van der Waals surface area contributed by atoms with E-state index in [1.54, 1.807) is 0 Å². The molecule has 0 radical (unpaired) electrons. The first-order valence-corrected chi connectivity index (χ1v) is 5.08. The lowest BCUT2D eigenvalue weighted by molar-refractivity contribution is -0.0971. The van der Waals surface area contributed by atoms with Gasteiger partial charge in [-0.25, -0.2) is 0 Å². The SMILES string of the molecule is CCCC1OCN(C)CC1CC. The molecule has 0 N–H and O–H groups in total. The number of hydrogen-bond donors (Lipinski definition) is 0. The van der Waals surface area contributed by atoms with Crippen molar-refractivity contribution in [3.8, 4) is 0 Å². The van der Waals surface area contributed by atoms with Gasteiger partial charge in [0, 0.05) is 6.54 Å². The highest BCUT2D eigenvalue weighted by Crippen LogP contribution is 2.22. The van der Waals surface area contributed by atoms with Crippen molar-refractivity contribution in [1.29, 1.82) is 0 Å². The third kappa shape index (κ3) is 2.46. The van der Waals surface area contributed by atoms with Gasteiger partial charge in [-0.1, -0.05) is 20.3 Å². The second-order valence-electron chi connectivity index (χ2n) is 3.83. The highest BCUT2D eigenvalue weighted by molar-refractivity contribution is 4.74. The largest absolute Gasteiger partial charge is 0.363 e. The van der Waals surface area contributed by atoms with Gasteiger partial charge in [0.1, 0.15) is 0 Å². The molecule has 0 aromatic rings. The first-order chi connectivity index (χ1) is 5.77. The van der Waals surface area contributed by atoms with Gasteiger partial charge in [-0.15, -0.1) is 0 Å². The zero-order valence-corrected chi connectivity index (χ0v) is 8.55. The van der Waals surface area contributed by atoms with Crippen molar-refractivity contribution < 1.29 is 4.74 Å². The van der Waals surface area contributed by atoms with Crippen LogP contribution in [0.15, 0.2) is 0 Å². The van der Waals surface area contributed by atoms with Crippen LogP contribution in [0, 0.1) is 5.92 Å². The summed E-state index contributed by atoms with van der Waals surface area (Å²) in [5.41, 5.74) is 0. The molecule has 0 amide bonds. The molecule has 1 heterocycles. The van der Waals surface area contributed by atoms with E-state index in [9.17, 15) is 0 Å². The van der Waals surface area contributed by atoms with Crippen LogP contribution in [-0.2, 0) is 4.74 Å². The minimum Gasteiger partial charge on any atom is -0.363 e. The molecule has 2 heteroatoms. The van der Waals surface area contributed by atoms with Crippen molar-refractivity contribution in [2.24, 2.45) is 5.92 Å². The molecule has 12 heavy (non-hydrogen) atoms. The molecule has 1 fully saturated rings. The van der Waals surface area contributed by atoms with E-state index in [1.165, 1.54) is 25.8 Å². The number of rotatable bonds is 3. The van der Waals surface area contributed by atoms with Crippen LogP contribution in [0.4, 0.5) is 0 Å². The van der Waals surface area contributed by atoms with Gasteiger partial charge in [0.2, 0.25) is 0 Å². The van der Waals surface area contributed by atoms with Gasteiger partial charge in [-0.3, -0.25) is 4.90 Å². The van der Waals surface area contributed by atoms with E-state index in [-0.39, 0.29) is 0 Å². The normalized spacial score (nSPS) is 32.2. The van der Waals surface area contributed by atoms with Crippen LogP contribution in [-0.4, -0.2) is 31.3 Å². The van der Waals surface area contributed by atoms with Crippen molar-refractivity contribution in [2.75, 3.05) is 20.3 Å². The van der Waals surface area contributed by atoms with Crippen molar-refractivity contribution in [2.45, 2.75) is 39.2 Å². The van der Waals surface area contributed by atoms with Crippen molar-refractivity contribution in [1.82, 2.24) is 4.90 Å². The van der Waals surface area contributed by atoms with Crippen LogP contribution in [0.5, 0.6) is 0 Å². The molecule has 0 aromatic heterocycles. The lowest BCUT2D eigenvalue weighted by Gasteiger charge is -2.36. The van der Waals surface area contributed by atoms with Gasteiger partial charge in [0.25, 0.3) is 0 Å². The first kappa shape index (κ1) is 10.0. The smallest absolute Gasteiger partial charge is 0.0991 e. The van der Waals surface area contributed by atoms with Gasteiger partial charge in [-0.2, -0.15) is 0 Å². The molecule has 1 aliphatic rings. The summed E-state index contributed by atoms with van der Waals surface area (Å²) in [5.74, 6) is 0.753. The second-order valence-corrected chi connectivity index (χ2v) is 3.83. The Morgan fingerprint density at radius 2 is 2.17 bits per heavy atom. The third-order valence-electron chi connectivity index (χ3n) is 2.68. The zero-order valence-electron chi connectivity index (χ0n) is 8.55. The molecule has 0 aromatic carbocycles. The Morgan fingerprint density at radius 1 is 1.42 bits per heavy atom. The molecule has 0 saturated carbocycles. The van der Waals surface area contributed by atoms with Crippen LogP contribution >= 0.6 is 0 Å². The molecule has 1 rings (SSSR count). The summed E-state index contributed by atoms with van der Waals surface area (Å²) in [4.78, 5) is 2.26. The van der Waals surface area contributed by atoms with Crippen LogP contribution in [0.25, 0.3) is 0 Å². The van der Waals surface area contributed by atoms with Crippen LogP contribution in [0.1, 0.15) is 33.1 Å². The van der Waals surface area contributed by atoms with Crippen molar-refractivity contribution >= 4 is 0 Å². The lowest BCUT2D eigenvalue weighted by Crippen LogP contribution is -2.42. The number of hydrogen-bond acceptors (Lipinski definition) is 2. The molecule has 0 aliphatic carbocycles. The van der Waals surface area contributed by atoms with E-state index in [2.05, 4.69) is 25.8 Å². The van der Waals surface area contributed by atoms with E-state index in [4.69, 9.17) is 4.74 Å². The summed E-state index contributed by atoms with van der Waals surface area (Å²) in [5, 5.41) is 0. The standard InChI is InChI=1S/C10H21NO/c1-4-6-10-9(5-2)7-11(3)8-12-10/h9-10H,4-8H2,1-3H3. The maximum Gasteiger partial charge on any atom is 0.0991 e. The van der Waals surface area contributed by atoms with Gasteiger partial charge in [0.15, 0.2) is 0 Å². The van der Waals surface area contributed by atoms with Crippen molar-refractivity contribution in [3.05, 3.63) is 0 Å². The fourth-order valence-corrected chi connectivity index (χ4v) is 1.93. The van der Waals surface area contributed by atoms with Crippen molar-refractivity contribution in [3.63, 3.8) is 0 Å². The molecular weight excluding hydrogens is 150 g/mol. The lowest BCUT2D eigenvalue weighted by atomic mass is 9.94. The van der Waals surface area contributed by atoms with E-state index in [0.29, 0.717) is 6.10 Å². The van der Waals surface area contributed by atoms with E-state index >= 15 is 0 Å².